The third kappa shape index (κ3) is 4.71. The van der Waals surface area contributed by atoms with Gasteiger partial charge >= 0.3 is 0 Å². The molecule has 5 nitrogen and oxygen atoms in total. The van der Waals surface area contributed by atoms with Crippen molar-refractivity contribution in [3.63, 3.8) is 0 Å². The highest BCUT2D eigenvalue weighted by Gasteiger charge is 2.11. The van der Waals surface area contributed by atoms with Crippen LogP contribution in [0.3, 0.4) is 0 Å². The Morgan fingerprint density at radius 1 is 1.32 bits per heavy atom. The zero-order chi connectivity index (χ0) is 14.3. The summed E-state index contributed by atoms with van der Waals surface area (Å²) in [6, 6.07) is 6.48. The molecule has 0 aliphatic carbocycles. The number of hydrogen-bond acceptors (Lipinski definition) is 3. The predicted molar refractivity (Wildman–Crippen MR) is 74.0 cm³/mol. The van der Waals surface area contributed by atoms with Gasteiger partial charge in [-0.25, -0.2) is 0 Å². The Kier molecular flexibility index (Phi) is 6.02. The topological polar surface area (TPSA) is 78.4 Å². The maximum Gasteiger partial charge on any atom is 0.251 e. The van der Waals surface area contributed by atoms with Gasteiger partial charge in [0, 0.05) is 17.7 Å². The Labute approximate surface area is 113 Å². The summed E-state index contributed by atoms with van der Waals surface area (Å²) in [5, 5.41) is 14.5. The van der Waals surface area contributed by atoms with E-state index in [0.29, 0.717) is 24.1 Å². The van der Waals surface area contributed by atoms with Crippen molar-refractivity contribution in [3.05, 3.63) is 29.8 Å². The summed E-state index contributed by atoms with van der Waals surface area (Å²) in [5.41, 5.74) is 1.05. The molecule has 0 aromatic heterocycles. The average molecular weight is 264 g/mol. The molecule has 1 aromatic carbocycles. The molecular weight excluding hydrogens is 244 g/mol. The minimum atomic E-state index is -0.256. The number of nitrogens with one attached hydrogen (secondary N) is 2. The Bertz CT molecular complexity index is 442. The van der Waals surface area contributed by atoms with Crippen LogP contribution in [0.25, 0.3) is 0 Å². The molecule has 5 heteroatoms. The van der Waals surface area contributed by atoms with Gasteiger partial charge in [-0.15, -0.1) is 0 Å². The third-order valence-corrected chi connectivity index (χ3v) is 2.78. The van der Waals surface area contributed by atoms with E-state index >= 15 is 0 Å². The quantitative estimate of drug-likeness (QED) is 0.729. The monoisotopic (exact) mass is 264 g/mol. The highest BCUT2D eigenvalue weighted by atomic mass is 16.3. The Morgan fingerprint density at radius 2 is 2.05 bits per heavy atom. The van der Waals surface area contributed by atoms with Crippen molar-refractivity contribution in [3.8, 4) is 0 Å². The molecule has 1 rings (SSSR count). The maximum atomic E-state index is 11.9. The molecule has 19 heavy (non-hydrogen) atoms. The van der Waals surface area contributed by atoms with Crippen LogP contribution in [0.15, 0.2) is 24.3 Å². The van der Waals surface area contributed by atoms with Crippen LogP contribution in [0.1, 0.15) is 37.0 Å². The lowest BCUT2D eigenvalue weighted by molar-refractivity contribution is -0.115. The Morgan fingerprint density at radius 3 is 2.63 bits per heavy atom. The first-order valence-electron chi connectivity index (χ1n) is 6.42. The van der Waals surface area contributed by atoms with Gasteiger partial charge in [-0.2, -0.15) is 0 Å². The molecule has 2 amide bonds. The van der Waals surface area contributed by atoms with E-state index in [2.05, 4.69) is 10.6 Å². The second-order valence-electron chi connectivity index (χ2n) is 4.24. The minimum Gasteiger partial charge on any atom is -0.394 e. The van der Waals surface area contributed by atoms with Crippen LogP contribution in [0.4, 0.5) is 5.69 Å². The molecule has 1 unspecified atom stereocenters. The lowest BCUT2D eigenvalue weighted by Gasteiger charge is -2.14. The van der Waals surface area contributed by atoms with Crippen LogP contribution in [-0.2, 0) is 4.79 Å². The molecule has 0 aliphatic rings. The van der Waals surface area contributed by atoms with Gasteiger partial charge in [0.1, 0.15) is 0 Å². The highest BCUT2D eigenvalue weighted by molar-refractivity contribution is 5.97. The molecule has 0 saturated heterocycles. The van der Waals surface area contributed by atoms with Crippen molar-refractivity contribution in [2.45, 2.75) is 32.7 Å². The summed E-state index contributed by atoms with van der Waals surface area (Å²) >= 11 is 0. The van der Waals surface area contributed by atoms with Gasteiger partial charge in [0.15, 0.2) is 0 Å². The van der Waals surface area contributed by atoms with Crippen molar-refractivity contribution in [1.82, 2.24) is 5.32 Å². The summed E-state index contributed by atoms with van der Waals surface area (Å²) in [6.07, 6.45) is 1.05. The first-order valence-corrected chi connectivity index (χ1v) is 6.42. The maximum absolute atomic E-state index is 11.9. The molecular formula is C14H20N2O3. The number of anilines is 1. The molecule has 0 bridgehead atoms. The van der Waals surface area contributed by atoms with E-state index in [9.17, 15) is 9.59 Å². The normalized spacial score (nSPS) is 11.7. The van der Waals surface area contributed by atoms with Crippen LogP contribution in [0, 0.1) is 0 Å². The van der Waals surface area contributed by atoms with Crippen molar-refractivity contribution >= 4 is 17.5 Å². The van der Waals surface area contributed by atoms with E-state index in [-0.39, 0.29) is 24.5 Å². The summed E-state index contributed by atoms with van der Waals surface area (Å²) in [6.45, 7) is 3.56. The zero-order valence-corrected chi connectivity index (χ0v) is 11.3. The molecule has 1 aromatic rings. The van der Waals surface area contributed by atoms with Gasteiger partial charge in [0.25, 0.3) is 5.91 Å². The van der Waals surface area contributed by atoms with Crippen LogP contribution in [-0.4, -0.2) is 29.6 Å². The van der Waals surface area contributed by atoms with E-state index in [0.717, 1.165) is 0 Å². The average Bonchev–Trinajstić information content (AvgIpc) is 2.44. The van der Waals surface area contributed by atoms with Gasteiger partial charge in [-0.05, 0) is 24.6 Å². The number of rotatable bonds is 6. The van der Waals surface area contributed by atoms with Crippen molar-refractivity contribution in [2.75, 3.05) is 11.9 Å². The van der Waals surface area contributed by atoms with E-state index < -0.39 is 0 Å². The number of benzene rings is 1. The largest absolute Gasteiger partial charge is 0.394 e. The second-order valence-corrected chi connectivity index (χ2v) is 4.24. The Hall–Kier alpha value is -1.88. The van der Waals surface area contributed by atoms with Gasteiger partial charge in [-0.1, -0.05) is 19.9 Å². The van der Waals surface area contributed by atoms with E-state index in [1.54, 1.807) is 31.2 Å². The van der Waals surface area contributed by atoms with Crippen molar-refractivity contribution < 1.29 is 14.7 Å². The summed E-state index contributed by atoms with van der Waals surface area (Å²) in [7, 11) is 0. The number of hydrogen-bond donors (Lipinski definition) is 3. The lowest BCUT2D eigenvalue weighted by atomic mass is 10.1. The highest BCUT2D eigenvalue weighted by Crippen LogP contribution is 2.11. The standard InChI is InChI=1S/C14H20N2O3/c1-3-11(9-17)16-14(19)10-6-5-7-12(8-10)15-13(18)4-2/h5-8,11,17H,3-4,9H2,1-2H3,(H,15,18)(H,16,19). The number of amides is 2. The van der Waals surface area contributed by atoms with Gasteiger partial charge in [0.05, 0.1) is 12.6 Å². The third-order valence-electron chi connectivity index (χ3n) is 2.78. The van der Waals surface area contributed by atoms with Crippen LogP contribution < -0.4 is 10.6 Å². The Balaban J connectivity index is 2.75. The first kappa shape index (κ1) is 15.2. The van der Waals surface area contributed by atoms with Crippen LogP contribution in [0.5, 0.6) is 0 Å². The molecule has 0 aliphatic heterocycles. The predicted octanol–water partition coefficient (Wildman–Crippen LogP) is 1.54. The fourth-order valence-electron chi connectivity index (χ4n) is 1.53. The summed E-state index contributed by atoms with van der Waals surface area (Å²) < 4.78 is 0. The second kappa shape index (κ2) is 7.53. The summed E-state index contributed by atoms with van der Waals surface area (Å²) in [4.78, 5) is 23.2. The fraction of sp³-hybridized carbons (Fsp3) is 0.429. The molecule has 0 radical (unpaired) electrons. The van der Waals surface area contributed by atoms with E-state index in [1.807, 2.05) is 6.92 Å². The number of carbonyl (C=O) groups is 2. The number of carbonyl (C=O) groups excluding carboxylic acids is 2. The zero-order valence-electron chi connectivity index (χ0n) is 11.3. The van der Waals surface area contributed by atoms with Crippen LogP contribution in [0.2, 0.25) is 0 Å². The molecule has 0 heterocycles. The first-order chi connectivity index (χ1) is 9.10. The molecule has 3 N–H and O–H groups in total. The van der Waals surface area contributed by atoms with Crippen molar-refractivity contribution in [1.29, 1.82) is 0 Å². The van der Waals surface area contributed by atoms with E-state index in [1.165, 1.54) is 0 Å². The van der Waals surface area contributed by atoms with Crippen LogP contribution >= 0.6 is 0 Å². The van der Waals surface area contributed by atoms with E-state index in [4.69, 9.17) is 5.11 Å². The SMILES string of the molecule is CCC(=O)Nc1cccc(C(=O)NC(CC)CO)c1. The van der Waals surface area contributed by atoms with Crippen molar-refractivity contribution in [2.24, 2.45) is 0 Å². The molecule has 1 atom stereocenters. The molecule has 0 spiro atoms. The fourth-order valence-corrected chi connectivity index (χ4v) is 1.53. The number of aliphatic hydroxyl groups excluding tert-OH is 1. The van der Waals surface area contributed by atoms with Gasteiger partial charge in [0.2, 0.25) is 5.91 Å². The minimum absolute atomic E-state index is 0.0888. The molecule has 104 valence electrons. The molecule has 0 saturated carbocycles. The number of aliphatic hydroxyl groups is 1. The molecule has 0 fully saturated rings. The van der Waals surface area contributed by atoms with Gasteiger partial charge < -0.3 is 15.7 Å². The smallest absolute Gasteiger partial charge is 0.251 e. The van der Waals surface area contributed by atoms with Gasteiger partial charge in [-0.3, -0.25) is 9.59 Å². The lowest BCUT2D eigenvalue weighted by Crippen LogP contribution is -2.36. The summed E-state index contributed by atoms with van der Waals surface area (Å²) in [5.74, 6) is -0.354.